The van der Waals surface area contributed by atoms with Crippen LogP contribution in [0.4, 0.5) is 0 Å². The summed E-state index contributed by atoms with van der Waals surface area (Å²) in [6.45, 7) is 13.5. The molecule has 1 aromatic carbocycles. The average molecular weight is 489 g/mol. The summed E-state index contributed by atoms with van der Waals surface area (Å²) in [6.07, 6.45) is 0.765. The largest absolute Gasteiger partial charge is 0.413 e. The molecule has 4 nitrogen and oxygen atoms in total. The molecule has 1 aromatic rings. The van der Waals surface area contributed by atoms with Gasteiger partial charge in [0.1, 0.15) is 0 Å². The van der Waals surface area contributed by atoms with E-state index in [9.17, 15) is 9.90 Å². The van der Waals surface area contributed by atoms with Gasteiger partial charge >= 0.3 is 0 Å². The Morgan fingerprint density at radius 3 is 2.46 bits per heavy atom. The Morgan fingerprint density at radius 2 is 1.92 bits per heavy atom. The van der Waals surface area contributed by atoms with E-state index in [1.807, 2.05) is 37.3 Å². The molecule has 1 aliphatic rings. The van der Waals surface area contributed by atoms with E-state index < -0.39 is 13.9 Å². The Balaban J connectivity index is 2.20. The first kappa shape index (κ1) is 21.9. The number of benzene rings is 1. The predicted octanol–water partition coefficient (Wildman–Crippen LogP) is 4.54. The lowest BCUT2D eigenvalue weighted by molar-refractivity contribution is -0.162. The molecule has 0 bridgehead atoms. The van der Waals surface area contributed by atoms with Crippen molar-refractivity contribution in [3.63, 3.8) is 0 Å². The summed E-state index contributed by atoms with van der Waals surface area (Å²) < 4.78 is 6.11. The van der Waals surface area contributed by atoms with Crippen LogP contribution < -0.4 is 0 Å². The van der Waals surface area contributed by atoms with Crippen molar-refractivity contribution in [2.75, 3.05) is 13.2 Å². The van der Waals surface area contributed by atoms with E-state index in [-0.39, 0.29) is 27.5 Å². The van der Waals surface area contributed by atoms with E-state index in [1.54, 1.807) is 4.90 Å². The number of carbonyl (C=O) groups is 1. The summed E-state index contributed by atoms with van der Waals surface area (Å²) >= 11 is 2.21. The Kier molecular flexibility index (Phi) is 6.63. The maximum absolute atomic E-state index is 13.2. The number of aliphatic hydroxyl groups is 1. The van der Waals surface area contributed by atoms with E-state index in [0.717, 1.165) is 12.0 Å². The zero-order chi connectivity index (χ0) is 19.8. The number of likely N-dealkylation sites (tertiary alicyclic amines) is 1. The van der Waals surface area contributed by atoms with Crippen molar-refractivity contribution in [3.05, 3.63) is 35.9 Å². The first-order valence-electron chi connectivity index (χ1n) is 9.26. The molecule has 0 aromatic heterocycles. The van der Waals surface area contributed by atoms with Gasteiger partial charge in [-0.3, -0.25) is 4.79 Å². The SMILES string of the molecule is C[C@@H](c1ccccc1)N1CC[C@H](I)[C@](O)(CO[Si](C)(C)C(C)(C)C)C1=O. The van der Waals surface area contributed by atoms with Gasteiger partial charge in [-0.25, -0.2) is 0 Å². The molecule has 26 heavy (non-hydrogen) atoms. The van der Waals surface area contributed by atoms with Gasteiger partial charge in [-0.15, -0.1) is 0 Å². The van der Waals surface area contributed by atoms with Gasteiger partial charge in [0.05, 0.1) is 16.6 Å². The van der Waals surface area contributed by atoms with Gasteiger partial charge in [0, 0.05) is 6.54 Å². The van der Waals surface area contributed by atoms with E-state index in [2.05, 4.69) is 56.5 Å². The first-order valence-corrected chi connectivity index (χ1v) is 13.4. The number of rotatable bonds is 5. The average Bonchev–Trinajstić information content (AvgIpc) is 2.58. The summed E-state index contributed by atoms with van der Waals surface area (Å²) in [5, 5.41) is 11.3. The molecule has 0 aliphatic carbocycles. The normalized spacial score (nSPS) is 26.1. The van der Waals surface area contributed by atoms with Crippen molar-refractivity contribution in [1.82, 2.24) is 4.90 Å². The van der Waals surface area contributed by atoms with Crippen LogP contribution in [0.5, 0.6) is 0 Å². The second-order valence-electron chi connectivity index (χ2n) is 8.81. The van der Waals surface area contributed by atoms with Gasteiger partial charge in [0.15, 0.2) is 13.9 Å². The highest BCUT2D eigenvalue weighted by Gasteiger charge is 2.51. The van der Waals surface area contributed by atoms with Gasteiger partial charge in [-0.05, 0) is 37.0 Å². The minimum absolute atomic E-state index is 0.0405. The molecule has 1 fully saturated rings. The third-order valence-corrected chi connectivity index (χ3v) is 12.1. The number of hydrogen-bond acceptors (Lipinski definition) is 3. The van der Waals surface area contributed by atoms with Gasteiger partial charge < -0.3 is 14.4 Å². The van der Waals surface area contributed by atoms with Crippen LogP contribution in [0.2, 0.25) is 18.1 Å². The number of hydrogen-bond donors (Lipinski definition) is 1. The van der Waals surface area contributed by atoms with Crippen LogP contribution in [0.25, 0.3) is 0 Å². The highest BCUT2D eigenvalue weighted by Crippen LogP contribution is 2.39. The standard InChI is InChI=1S/C20H32INO3Si/c1-15(16-10-8-7-9-11-16)22-13-12-17(21)20(24,18(22)23)14-25-26(5,6)19(2,3)4/h7-11,15,17,24H,12-14H2,1-6H3/t15-,17-,20+/m0/s1. The molecule has 6 heteroatoms. The number of nitrogens with zero attached hydrogens (tertiary/aromatic N) is 1. The van der Waals surface area contributed by atoms with Crippen LogP contribution in [-0.2, 0) is 9.22 Å². The summed E-state index contributed by atoms with van der Waals surface area (Å²) in [5.74, 6) is -0.210. The molecule has 146 valence electrons. The molecule has 1 heterocycles. The van der Waals surface area contributed by atoms with Crippen LogP contribution >= 0.6 is 22.6 Å². The second kappa shape index (κ2) is 7.89. The summed E-state index contributed by atoms with van der Waals surface area (Å²) in [7, 11) is -2.04. The quantitative estimate of drug-likeness (QED) is 0.376. The maximum atomic E-state index is 13.2. The van der Waals surface area contributed by atoms with Crippen molar-refractivity contribution in [1.29, 1.82) is 0 Å². The second-order valence-corrected chi connectivity index (χ2v) is 15.1. The third-order valence-electron chi connectivity index (χ3n) is 5.98. The van der Waals surface area contributed by atoms with Crippen molar-refractivity contribution >= 4 is 36.8 Å². The molecule has 0 radical (unpaired) electrons. The van der Waals surface area contributed by atoms with Crippen LogP contribution in [0.1, 0.15) is 45.7 Å². The van der Waals surface area contributed by atoms with Crippen LogP contribution in [0.15, 0.2) is 30.3 Å². The Morgan fingerprint density at radius 1 is 1.35 bits per heavy atom. The van der Waals surface area contributed by atoms with Gasteiger partial charge in [-0.1, -0.05) is 73.7 Å². The number of alkyl halides is 1. The fourth-order valence-corrected chi connectivity index (χ4v) is 4.65. The minimum atomic E-state index is -2.04. The molecule has 1 saturated heterocycles. The highest BCUT2D eigenvalue weighted by molar-refractivity contribution is 14.1. The van der Waals surface area contributed by atoms with Gasteiger partial charge in [0.2, 0.25) is 0 Å². The molecule has 1 amide bonds. The van der Waals surface area contributed by atoms with Crippen LogP contribution in [-0.4, -0.2) is 46.9 Å². The Bertz CT molecular complexity index is 632. The fraction of sp³-hybridized carbons (Fsp3) is 0.650. The molecule has 0 unspecified atom stereocenters. The molecule has 1 N–H and O–H groups in total. The summed E-state index contributed by atoms with van der Waals surface area (Å²) in [6, 6.07) is 9.92. The lowest BCUT2D eigenvalue weighted by Crippen LogP contribution is -2.63. The lowest BCUT2D eigenvalue weighted by Gasteiger charge is -2.46. The fourth-order valence-electron chi connectivity index (χ4n) is 2.92. The molecule has 2 rings (SSSR count). The third kappa shape index (κ3) is 4.34. The van der Waals surface area contributed by atoms with Crippen LogP contribution in [0, 0.1) is 0 Å². The topological polar surface area (TPSA) is 49.8 Å². The van der Waals surface area contributed by atoms with Crippen molar-refractivity contribution in [2.45, 2.75) is 67.8 Å². The number of piperidine rings is 1. The zero-order valence-corrected chi connectivity index (χ0v) is 19.9. The predicted molar refractivity (Wildman–Crippen MR) is 117 cm³/mol. The molecular formula is C20H32INO3Si. The summed E-state index contributed by atoms with van der Waals surface area (Å²) in [4.78, 5) is 15.1. The first-order chi connectivity index (χ1) is 11.9. The zero-order valence-electron chi connectivity index (χ0n) is 16.8. The van der Waals surface area contributed by atoms with Crippen molar-refractivity contribution in [2.24, 2.45) is 0 Å². The van der Waals surface area contributed by atoms with Gasteiger partial charge in [0.25, 0.3) is 5.91 Å². The molecule has 0 saturated carbocycles. The monoisotopic (exact) mass is 489 g/mol. The maximum Gasteiger partial charge on any atom is 0.258 e. The lowest BCUT2D eigenvalue weighted by atomic mass is 9.90. The summed E-state index contributed by atoms with van der Waals surface area (Å²) in [5.41, 5.74) is -0.377. The molecular weight excluding hydrogens is 457 g/mol. The van der Waals surface area contributed by atoms with E-state index in [1.165, 1.54) is 0 Å². The highest BCUT2D eigenvalue weighted by atomic mass is 127. The molecule has 1 aliphatic heterocycles. The smallest absolute Gasteiger partial charge is 0.258 e. The molecule has 0 spiro atoms. The minimum Gasteiger partial charge on any atom is -0.413 e. The van der Waals surface area contributed by atoms with Crippen molar-refractivity contribution in [3.8, 4) is 0 Å². The van der Waals surface area contributed by atoms with Gasteiger partial charge in [-0.2, -0.15) is 0 Å². The van der Waals surface area contributed by atoms with Crippen molar-refractivity contribution < 1.29 is 14.3 Å². The Labute approximate surface area is 172 Å². The Hall–Kier alpha value is -0.443. The number of carbonyl (C=O) groups excluding carboxylic acids is 1. The molecule has 3 atom stereocenters. The van der Waals surface area contributed by atoms with E-state index in [0.29, 0.717) is 6.54 Å². The number of amides is 1. The van der Waals surface area contributed by atoms with Crippen LogP contribution in [0.3, 0.4) is 0 Å². The van der Waals surface area contributed by atoms with E-state index in [4.69, 9.17) is 4.43 Å². The van der Waals surface area contributed by atoms with E-state index >= 15 is 0 Å². The number of halogens is 1.